The van der Waals surface area contributed by atoms with E-state index in [0.29, 0.717) is 25.3 Å². The molecule has 0 aliphatic carbocycles. The summed E-state index contributed by atoms with van der Waals surface area (Å²) in [5, 5.41) is 14.8. The number of amides is 1. The maximum atomic E-state index is 12.4. The molecule has 2 aliphatic rings. The SMILES string of the molecule is C#CCCC1(CCC(=O)Nc2cc(NC3CCN(C)CC3)ccc2C)N=N1. The predicted octanol–water partition coefficient (Wildman–Crippen LogP) is 3.80. The van der Waals surface area contributed by atoms with Crippen LogP contribution >= 0.6 is 0 Å². The molecule has 2 heterocycles. The summed E-state index contributed by atoms with van der Waals surface area (Å²) in [6, 6.07) is 6.65. The Bertz CT molecular complexity index is 737. The molecule has 0 bridgehead atoms. The predicted molar refractivity (Wildman–Crippen MR) is 109 cm³/mol. The number of terminal acetylenes is 1. The second kappa shape index (κ2) is 8.53. The van der Waals surface area contributed by atoms with Crippen molar-refractivity contribution in [2.75, 3.05) is 30.8 Å². The molecular weight excluding hydrogens is 338 g/mol. The fourth-order valence-corrected chi connectivity index (χ4v) is 3.43. The average Bonchev–Trinajstić information content (AvgIpc) is 3.43. The van der Waals surface area contributed by atoms with Gasteiger partial charge in [0.2, 0.25) is 5.91 Å². The van der Waals surface area contributed by atoms with Crippen LogP contribution in [0.4, 0.5) is 11.4 Å². The number of piperidine rings is 1. The van der Waals surface area contributed by atoms with Crippen molar-refractivity contribution in [2.24, 2.45) is 10.2 Å². The lowest BCUT2D eigenvalue weighted by Crippen LogP contribution is -2.36. The van der Waals surface area contributed by atoms with Crippen molar-refractivity contribution in [3.8, 4) is 12.3 Å². The van der Waals surface area contributed by atoms with Crippen LogP contribution in [0.15, 0.2) is 28.4 Å². The van der Waals surface area contributed by atoms with Gasteiger partial charge in [0.05, 0.1) is 0 Å². The number of hydrogen-bond donors (Lipinski definition) is 2. The lowest BCUT2D eigenvalue weighted by atomic mass is 10.0. The fourth-order valence-electron chi connectivity index (χ4n) is 3.43. The first-order valence-corrected chi connectivity index (χ1v) is 9.73. The lowest BCUT2D eigenvalue weighted by molar-refractivity contribution is -0.116. The number of benzene rings is 1. The molecule has 1 aromatic carbocycles. The van der Waals surface area contributed by atoms with Crippen LogP contribution in [0.25, 0.3) is 0 Å². The maximum Gasteiger partial charge on any atom is 0.224 e. The third kappa shape index (κ3) is 5.54. The zero-order chi connectivity index (χ0) is 19.3. The number of carbonyl (C=O) groups is 1. The third-order valence-corrected chi connectivity index (χ3v) is 5.41. The highest BCUT2D eigenvalue weighted by molar-refractivity contribution is 5.92. The van der Waals surface area contributed by atoms with Gasteiger partial charge in [0.15, 0.2) is 5.66 Å². The molecule has 1 aromatic rings. The van der Waals surface area contributed by atoms with Gasteiger partial charge in [-0.1, -0.05) is 6.07 Å². The highest BCUT2D eigenvalue weighted by Gasteiger charge is 2.39. The van der Waals surface area contributed by atoms with Crippen molar-refractivity contribution in [3.05, 3.63) is 23.8 Å². The van der Waals surface area contributed by atoms with E-state index in [9.17, 15) is 4.79 Å². The Balaban J connectivity index is 1.52. The zero-order valence-electron chi connectivity index (χ0n) is 16.3. The quantitative estimate of drug-likeness (QED) is 0.687. The van der Waals surface area contributed by atoms with Gasteiger partial charge in [-0.15, -0.1) is 12.3 Å². The Hall–Kier alpha value is -2.39. The van der Waals surface area contributed by atoms with E-state index in [0.717, 1.165) is 49.3 Å². The number of rotatable bonds is 8. The van der Waals surface area contributed by atoms with Crippen LogP contribution in [-0.2, 0) is 4.79 Å². The van der Waals surface area contributed by atoms with E-state index in [1.165, 1.54) is 0 Å². The minimum Gasteiger partial charge on any atom is -0.382 e. The van der Waals surface area contributed by atoms with Crippen molar-refractivity contribution in [3.63, 3.8) is 0 Å². The molecule has 2 aliphatic heterocycles. The minimum absolute atomic E-state index is 0.00748. The molecule has 3 rings (SSSR count). The fraction of sp³-hybridized carbons (Fsp3) is 0.571. The Morgan fingerprint density at radius 2 is 2.07 bits per heavy atom. The van der Waals surface area contributed by atoms with Crippen LogP contribution in [0.5, 0.6) is 0 Å². The molecule has 0 radical (unpaired) electrons. The number of carbonyl (C=O) groups excluding carboxylic acids is 1. The second-order valence-corrected chi connectivity index (χ2v) is 7.69. The molecule has 1 saturated heterocycles. The van der Waals surface area contributed by atoms with Gasteiger partial charge in [0.25, 0.3) is 0 Å². The summed E-state index contributed by atoms with van der Waals surface area (Å²) in [6.45, 7) is 4.24. The van der Waals surface area contributed by atoms with Crippen molar-refractivity contribution >= 4 is 17.3 Å². The van der Waals surface area contributed by atoms with Crippen LogP contribution in [0, 0.1) is 19.3 Å². The molecule has 6 heteroatoms. The highest BCUT2D eigenvalue weighted by Crippen LogP contribution is 2.37. The molecule has 0 saturated carbocycles. The summed E-state index contributed by atoms with van der Waals surface area (Å²) in [7, 11) is 2.16. The summed E-state index contributed by atoms with van der Waals surface area (Å²) in [6.07, 6.45) is 9.96. The normalized spacial score (nSPS) is 18.7. The third-order valence-electron chi connectivity index (χ3n) is 5.41. The Labute approximate surface area is 161 Å². The molecule has 144 valence electrons. The Kier molecular flexibility index (Phi) is 6.12. The van der Waals surface area contributed by atoms with Gasteiger partial charge >= 0.3 is 0 Å². The number of nitrogens with zero attached hydrogens (tertiary/aromatic N) is 3. The van der Waals surface area contributed by atoms with Crippen LogP contribution in [-0.4, -0.2) is 42.6 Å². The van der Waals surface area contributed by atoms with Gasteiger partial charge in [-0.25, -0.2) is 0 Å². The van der Waals surface area contributed by atoms with Crippen molar-refractivity contribution in [2.45, 2.75) is 57.2 Å². The van der Waals surface area contributed by atoms with E-state index < -0.39 is 5.66 Å². The van der Waals surface area contributed by atoms with E-state index in [2.05, 4.69) is 44.8 Å². The van der Waals surface area contributed by atoms with Gasteiger partial charge < -0.3 is 15.5 Å². The summed E-state index contributed by atoms with van der Waals surface area (Å²) in [5.41, 5.74) is 2.57. The Morgan fingerprint density at radius 1 is 1.33 bits per heavy atom. The molecule has 0 aromatic heterocycles. The van der Waals surface area contributed by atoms with Gasteiger partial charge in [-0.3, -0.25) is 4.79 Å². The summed E-state index contributed by atoms with van der Waals surface area (Å²) < 4.78 is 0. The number of hydrogen-bond acceptors (Lipinski definition) is 5. The van der Waals surface area contributed by atoms with E-state index in [4.69, 9.17) is 6.42 Å². The number of anilines is 2. The topological polar surface area (TPSA) is 69.1 Å². The standard InChI is InChI=1S/C21H29N5O/c1-4-5-11-21(24-25-21)12-8-20(27)23-19-15-18(7-6-16(19)2)22-17-9-13-26(3)14-10-17/h1,6-7,15,17,22H,5,8-14H2,2-3H3,(H,23,27). The summed E-state index contributed by atoms with van der Waals surface area (Å²) >= 11 is 0. The maximum absolute atomic E-state index is 12.4. The molecule has 1 amide bonds. The molecular formula is C21H29N5O. The van der Waals surface area contributed by atoms with E-state index >= 15 is 0 Å². The minimum atomic E-state index is -0.406. The van der Waals surface area contributed by atoms with Gasteiger partial charge in [0.1, 0.15) is 0 Å². The van der Waals surface area contributed by atoms with Gasteiger partial charge in [0, 0.05) is 43.1 Å². The van der Waals surface area contributed by atoms with Gasteiger partial charge in [-0.2, -0.15) is 10.2 Å². The first-order valence-electron chi connectivity index (χ1n) is 9.73. The molecule has 1 fully saturated rings. The highest BCUT2D eigenvalue weighted by atomic mass is 16.1. The molecule has 0 unspecified atom stereocenters. The second-order valence-electron chi connectivity index (χ2n) is 7.69. The molecule has 6 nitrogen and oxygen atoms in total. The molecule has 27 heavy (non-hydrogen) atoms. The van der Waals surface area contributed by atoms with Crippen LogP contribution in [0.1, 0.15) is 44.1 Å². The van der Waals surface area contributed by atoms with E-state index in [-0.39, 0.29) is 5.91 Å². The van der Waals surface area contributed by atoms with Crippen molar-refractivity contribution in [1.29, 1.82) is 0 Å². The van der Waals surface area contributed by atoms with Crippen LogP contribution in [0.3, 0.4) is 0 Å². The molecule has 2 N–H and O–H groups in total. The monoisotopic (exact) mass is 367 g/mol. The summed E-state index contributed by atoms with van der Waals surface area (Å²) in [5.74, 6) is 2.60. The van der Waals surface area contributed by atoms with Gasteiger partial charge in [-0.05, 0) is 57.6 Å². The van der Waals surface area contributed by atoms with Crippen molar-refractivity contribution < 1.29 is 4.79 Å². The first-order chi connectivity index (χ1) is 13.0. The molecule has 0 atom stereocenters. The lowest BCUT2D eigenvalue weighted by Gasteiger charge is -2.30. The number of likely N-dealkylation sites (tertiary alicyclic amines) is 1. The largest absolute Gasteiger partial charge is 0.382 e. The number of nitrogens with one attached hydrogen (secondary N) is 2. The summed E-state index contributed by atoms with van der Waals surface area (Å²) in [4.78, 5) is 14.7. The zero-order valence-corrected chi connectivity index (χ0v) is 16.3. The van der Waals surface area contributed by atoms with E-state index in [1.54, 1.807) is 0 Å². The first kappa shape index (κ1) is 19.4. The molecule has 0 spiro atoms. The van der Waals surface area contributed by atoms with E-state index in [1.807, 2.05) is 19.1 Å². The average molecular weight is 367 g/mol. The Morgan fingerprint density at radius 3 is 2.74 bits per heavy atom. The van der Waals surface area contributed by atoms with Crippen LogP contribution in [0.2, 0.25) is 0 Å². The van der Waals surface area contributed by atoms with Crippen LogP contribution < -0.4 is 10.6 Å². The smallest absolute Gasteiger partial charge is 0.224 e. The number of aryl methyl sites for hydroxylation is 1. The van der Waals surface area contributed by atoms with Crippen molar-refractivity contribution in [1.82, 2.24) is 4.90 Å².